The van der Waals surface area contributed by atoms with Crippen molar-refractivity contribution in [1.29, 1.82) is 0 Å². The molecule has 0 saturated carbocycles. The topological polar surface area (TPSA) is 62.1 Å². The number of nitrogens with zero attached hydrogens (tertiary/aromatic N) is 2. The molecular weight excluding hydrogens is 300 g/mol. The maximum atomic E-state index is 11.8. The van der Waals surface area contributed by atoms with Gasteiger partial charge in [0.1, 0.15) is 4.99 Å². The molecule has 1 aromatic carbocycles. The van der Waals surface area contributed by atoms with Crippen molar-refractivity contribution in [3.63, 3.8) is 0 Å². The molecule has 0 bridgehead atoms. The van der Waals surface area contributed by atoms with Crippen molar-refractivity contribution in [2.45, 2.75) is 32.9 Å². The molecule has 0 fully saturated rings. The standard InChI is InChI=1S/C16H20N2O3S/c1-15(2,3)16(20)10-12(14(19)21-4)17-18(16)13(22)11-8-6-5-7-9-11/h5-9,20H,10H2,1-4H3/t16-/m0/s1. The third-order valence-corrected chi connectivity index (χ3v) is 4.23. The third kappa shape index (κ3) is 2.76. The number of ether oxygens (including phenoxy) is 1. The number of methoxy groups -OCH3 is 1. The van der Waals surface area contributed by atoms with Crippen molar-refractivity contribution in [3.05, 3.63) is 35.9 Å². The van der Waals surface area contributed by atoms with E-state index in [1.165, 1.54) is 12.1 Å². The number of hydrogen-bond acceptors (Lipinski definition) is 5. The molecule has 0 saturated heterocycles. The molecule has 0 aliphatic carbocycles. The zero-order chi connectivity index (χ0) is 16.5. The molecule has 6 heteroatoms. The van der Waals surface area contributed by atoms with Crippen LogP contribution in [-0.4, -0.2) is 39.6 Å². The number of rotatable bonds is 2. The lowest BCUT2D eigenvalue weighted by atomic mass is 9.80. The van der Waals surface area contributed by atoms with E-state index < -0.39 is 17.1 Å². The van der Waals surface area contributed by atoms with Gasteiger partial charge in [0.2, 0.25) is 0 Å². The van der Waals surface area contributed by atoms with Crippen LogP contribution in [0.5, 0.6) is 0 Å². The minimum Gasteiger partial charge on any atom is -0.464 e. The van der Waals surface area contributed by atoms with E-state index >= 15 is 0 Å². The van der Waals surface area contributed by atoms with Gasteiger partial charge < -0.3 is 9.84 Å². The number of hydrazone groups is 1. The average Bonchev–Trinajstić information content (AvgIpc) is 2.85. The first kappa shape index (κ1) is 16.6. The molecule has 0 amide bonds. The Morgan fingerprint density at radius 1 is 1.36 bits per heavy atom. The van der Waals surface area contributed by atoms with Crippen LogP contribution in [0.15, 0.2) is 35.4 Å². The van der Waals surface area contributed by atoms with Crippen LogP contribution in [0.3, 0.4) is 0 Å². The Morgan fingerprint density at radius 2 is 1.95 bits per heavy atom. The summed E-state index contributed by atoms with van der Waals surface area (Å²) in [4.78, 5) is 12.2. The van der Waals surface area contributed by atoms with E-state index in [-0.39, 0.29) is 12.1 Å². The molecule has 0 spiro atoms. The van der Waals surface area contributed by atoms with Crippen molar-refractivity contribution >= 4 is 28.9 Å². The molecule has 1 atom stereocenters. The molecule has 1 aliphatic heterocycles. The van der Waals surface area contributed by atoms with Gasteiger partial charge in [0.25, 0.3) is 0 Å². The van der Waals surface area contributed by atoms with E-state index in [9.17, 15) is 9.90 Å². The van der Waals surface area contributed by atoms with Gasteiger partial charge in [0, 0.05) is 17.4 Å². The molecule has 1 aromatic rings. The van der Waals surface area contributed by atoms with Crippen LogP contribution in [-0.2, 0) is 9.53 Å². The van der Waals surface area contributed by atoms with E-state index in [1.54, 1.807) is 0 Å². The zero-order valence-corrected chi connectivity index (χ0v) is 14.0. The van der Waals surface area contributed by atoms with E-state index in [0.717, 1.165) is 5.56 Å². The minimum atomic E-state index is -1.39. The van der Waals surface area contributed by atoms with Crippen LogP contribution < -0.4 is 0 Å². The molecule has 0 radical (unpaired) electrons. The number of hydrogen-bond donors (Lipinski definition) is 1. The van der Waals surface area contributed by atoms with Crippen LogP contribution in [0.4, 0.5) is 0 Å². The minimum absolute atomic E-state index is 0.0656. The van der Waals surface area contributed by atoms with Crippen molar-refractivity contribution in [1.82, 2.24) is 5.01 Å². The van der Waals surface area contributed by atoms with E-state index in [1.807, 2.05) is 51.1 Å². The van der Waals surface area contributed by atoms with Gasteiger partial charge in [0.15, 0.2) is 11.4 Å². The van der Waals surface area contributed by atoms with Gasteiger partial charge in [-0.1, -0.05) is 63.3 Å². The summed E-state index contributed by atoms with van der Waals surface area (Å²) >= 11 is 5.48. The Balaban J connectivity index is 2.45. The normalized spacial score (nSPS) is 21.5. The number of thiocarbonyl (C=S) groups is 1. The highest BCUT2D eigenvalue weighted by Crippen LogP contribution is 2.41. The second-order valence-corrected chi connectivity index (χ2v) is 6.65. The van der Waals surface area contributed by atoms with Crippen molar-refractivity contribution in [2.75, 3.05) is 7.11 Å². The largest absolute Gasteiger partial charge is 0.464 e. The summed E-state index contributed by atoms with van der Waals surface area (Å²) in [6, 6.07) is 9.29. The van der Waals surface area contributed by atoms with Crippen LogP contribution in [0.25, 0.3) is 0 Å². The number of carbonyl (C=O) groups is 1. The first-order valence-electron chi connectivity index (χ1n) is 6.98. The van der Waals surface area contributed by atoms with Gasteiger partial charge in [-0.05, 0) is 0 Å². The van der Waals surface area contributed by atoms with Gasteiger partial charge in [-0.15, -0.1) is 0 Å². The van der Waals surface area contributed by atoms with E-state index in [2.05, 4.69) is 5.10 Å². The predicted molar refractivity (Wildman–Crippen MR) is 88.5 cm³/mol. The second kappa shape index (κ2) is 5.78. The summed E-state index contributed by atoms with van der Waals surface area (Å²) in [6.45, 7) is 5.63. The second-order valence-electron chi connectivity index (χ2n) is 6.26. The summed E-state index contributed by atoms with van der Waals surface area (Å²) in [5.41, 5.74) is -1.03. The molecule has 0 unspecified atom stereocenters. The van der Waals surface area contributed by atoms with Crippen LogP contribution >= 0.6 is 12.2 Å². The quantitative estimate of drug-likeness (QED) is 0.669. The lowest BCUT2D eigenvalue weighted by Crippen LogP contribution is -2.54. The lowest BCUT2D eigenvalue weighted by Gasteiger charge is -2.42. The summed E-state index contributed by atoms with van der Waals surface area (Å²) in [6.07, 6.45) is 0.0656. The molecule has 5 nitrogen and oxygen atoms in total. The fourth-order valence-corrected chi connectivity index (χ4v) is 2.61. The highest BCUT2D eigenvalue weighted by Gasteiger charge is 2.52. The number of carbonyl (C=O) groups excluding carboxylic acids is 1. The van der Waals surface area contributed by atoms with Gasteiger partial charge >= 0.3 is 5.97 Å². The monoisotopic (exact) mass is 320 g/mol. The number of esters is 1. The van der Waals surface area contributed by atoms with Crippen molar-refractivity contribution < 1.29 is 14.6 Å². The average molecular weight is 320 g/mol. The molecule has 118 valence electrons. The summed E-state index contributed by atoms with van der Waals surface area (Å²) in [7, 11) is 1.29. The first-order chi connectivity index (χ1) is 10.2. The Labute approximate surface area is 135 Å². The van der Waals surface area contributed by atoms with Crippen molar-refractivity contribution in [3.8, 4) is 0 Å². The maximum absolute atomic E-state index is 11.8. The van der Waals surface area contributed by atoms with E-state index in [4.69, 9.17) is 17.0 Å². The predicted octanol–water partition coefficient (Wildman–Crippen LogP) is 2.33. The highest BCUT2D eigenvalue weighted by molar-refractivity contribution is 7.80. The number of aliphatic hydroxyl groups is 1. The Bertz CT molecular complexity index is 622. The number of benzene rings is 1. The summed E-state index contributed by atoms with van der Waals surface area (Å²) in [5, 5.41) is 16.8. The molecule has 1 N–H and O–H groups in total. The third-order valence-electron chi connectivity index (χ3n) is 3.82. The molecular formula is C16H20N2O3S. The summed E-state index contributed by atoms with van der Waals surface area (Å²) < 4.78 is 4.72. The van der Waals surface area contributed by atoms with Crippen LogP contribution in [0.1, 0.15) is 32.8 Å². The van der Waals surface area contributed by atoms with E-state index in [0.29, 0.717) is 4.99 Å². The molecule has 1 aliphatic rings. The molecule has 2 rings (SSSR count). The Morgan fingerprint density at radius 3 is 2.45 bits per heavy atom. The van der Waals surface area contributed by atoms with Gasteiger partial charge in [-0.2, -0.15) is 5.10 Å². The Kier molecular flexibility index (Phi) is 4.35. The molecule has 0 aromatic heterocycles. The fourth-order valence-electron chi connectivity index (χ4n) is 2.28. The first-order valence-corrected chi connectivity index (χ1v) is 7.39. The smallest absolute Gasteiger partial charge is 0.354 e. The fraction of sp³-hybridized carbons (Fsp3) is 0.438. The van der Waals surface area contributed by atoms with Crippen LogP contribution in [0, 0.1) is 5.41 Å². The summed E-state index contributed by atoms with van der Waals surface area (Å²) in [5.74, 6) is -0.555. The van der Waals surface area contributed by atoms with Crippen molar-refractivity contribution in [2.24, 2.45) is 10.5 Å². The maximum Gasteiger partial charge on any atom is 0.354 e. The van der Waals surface area contributed by atoms with Gasteiger partial charge in [0.05, 0.1) is 7.11 Å². The van der Waals surface area contributed by atoms with Gasteiger partial charge in [-0.3, -0.25) is 0 Å². The van der Waals surface area contributed by atoms with Gasteiger partial charge in [-0.25, -0.2) is 9.80 Å². The Hall–Kier alpha value is -1.79. The molecule has 1 heterocycles. The molecule has 22 heavy (non-hydrogen) atoms. The highest BCUT2D eigenvalue weighted by atomic mass is 32.1. The lowest BCUT2D eigenvalue weighted by molar-refractivity contribution is -0.136. The zero-order valence-electron chi connectivity index (χ0n) is 13.2. The SMILES string of the molecule is COC(=O)C1=NN(C(=S)c2ccccc2)[C@@](O)(C(C)(C)C)C1. The van der Waals surface area contributed by atoms with Crippen LogP contribution in [0.2, 0.25) is 0 Å².